The van der Waals surface area contributed by atoms with Gasteiger partial charge < -0.3 is 10.0 Å². The van der Waals surface area contributed by atoms with Crippen molar-refractivity contribution in [3.63, 3.8) is 0 Å². The second-order valence-corrected chi connectivity index (χ2v) is 7.44. The van der Waals surface area contributed by atoms with Gasteiger partial charge in [-0.2, -0.15) is 0 Å². The van der Waals surface area contributed by atoms with Crippen LogP contribution in [0.2, 0.25) is 0 Å². The van der Waals surface area contributed by atoms with E-state index in [-0.39, 0.29) is 0 Å². The lowest BCUT2D eigenvalue weighted by Gasteiger charge is -2.18. The summed E-state index contributed by atoms with van der Waals surface area (Å²) in [7, 11) is 3.21. The third-order valence-corrected chi connectivity index (χ3v) is 5.36. The zero-order valence-corrected chi connectivity index (χ0v) is 18.8. The van der Waals surface area contributed by atoms with E-state index in [0.29, 0.717) is 0 Å². The molecule has 2 heteroatoms. The van der Waals surface area contributed by atoms with E-state index in [1.807, 2.05) is 0 Å². The summed E-state index contributed by atoms with van der Waals surface area (Å²) in [5.74, 6) is 0. The fourth-order valence-corrected chi connectivity index (χ4v) is 3.63. The van der Waals surface area contributed by atoms with Crippen LogP contribution in [0.15, 0.2) is 84.9 Å². The number of aliphatic hydroxyl groups is 1. The minimum absolute atomic E-state index is 0.939. The molecule has 0 aliphatic heterocycles. The maximum Gasteiger partial charge on any atom is 0.0319 e. The number of hydrogen-bond acceptors (Lipinski definition) is 2. The van der Waals surface area contributed by atoms with Gasteiger partial charge in [0.05, 0.1) is 0 Å². The van der Waals surface area contributed by atoms with Crippen molar-refractivity contribution in [2.45, 2.75) is 26.7 Å². The highest BCUT2D eigenvalue weighted by Gasteiger charge is 2.11. The summed E-state index contributed by atoms with van der Waals surface area (Å²) in [4.78, 5) is 2.40. The van der Waals surface area contributed by atoms with Crippen molar-refractivity contribution < 1.29 is 5.11 Å². The van der Waals surface area contributed by atoms with E-state index in [0.717, 1.165) is 33.0 Å². The summed E-state index contributed by atoms with van der Waals surface area (Å²) in [6, 6.07) is 28.3. The Balaban J connectivity index is 0.00000155. The van der Waals surface area contributed by atoms with Gasteiger partial charge >= 0.3 is 0 Å². The molecule has 0 fully saturated rings. The summed E-state index contributed by atoms with van der Waals surface area (Å²) in [5.41, 5.74) is 8.17. The van der Waals surface area contributed by atoms with Crippen molar-refractivity contribution in [1.29, 1.82) is 0 Å². The third-order valence-electron chi connectivity index (χ3n) is 5.36. The molecule has 3 aromatic rings. The van der Waals surface area contributed by atoms with E-state index in [4.69, 9.17) is 5.11 Å². The van der Waals surface area contributed by atoms with Gasteiger partial charge in [0.2, 0.25) is 0 Å². The lowest BCUT2D eigenvalue weighted by molar-refractivity contribution is 0.375. The number of rotatable bonds is 8. The van der Waals surface area contributed by atoms with Crippen molar-refractivity contribution >= 4 is 5.57 Å². The number of aliphatic hydroxyl groups excluding tert-OH is 1. The van der Waals surface area contributed by atoms with E-state index < -0.39 is 0 Å². The highest BCUT2D eigenvalue weighted by atomic mass is 16.2. The van der Waals surface area contributed by atoms with E-state index in [1.54, 1.807) is 0 Å². The Morgan fingerprint density at radius 1 is 0.833 bits per heavy atom. The second-order valence-electron chi connectivity index (χ2n) is 7.44. The van der Waals surface area contributed by atoms with E-state index in [2.05, 4.69) is 111 Å². The molecule has 0 spiro atoms. The normalized spacial score (nSPS) is 11.2. The molecule has 0 aliphatic carbocycles. The third kappa shape index (κ3) is 6.69. The van der Waals surface area contributed by atoms with Gasteiger partial charge in [-0.05, 0) is 60.2 Å². The van der Waals surface area contributed by atoms with Gasteiger partial charge in [-0.3, -0.25) is 0 Å². The monoisotopic (exact) mass is 401 g/mol. The number of aryl methyl sites for hydroxylation is 2. The molecule has 1 N–H and O–H groups in total. The summed E-state index contributed by atoms with van der Waals surface area (Å²) in [6.07, 6.45) is 4.53. The average Bonchev–Trinajstić information content (AvgIpc) is 2.81. The fraction of sp³-hybridized carbons (Fsp3) is 0.286. The maximum absolute atomic E-state index is 7.00. The molecule has 0 atom stereocenters. The largest absolute Gasteiger partial charge is 0.400 e. The molecular formula is C28H35NO. The van der Waals surface area contributed by atoms with E-state index in [1.165, 1.54) is 33.4 Å². The van der Waals surface area contributed by atoms with Crippen molar-refractivity contribution in [3.05, 3.63) is 113 Å². The second kappa shape index (κ2) is 12.8. The fourth-order valence-electron chi connectivity index (χ4n) is 3.63. The van der Waals surface area contributed by atoms with Gasteiger partial charge in [-0.25, -0.2) is 0 Å². The Kier molecular flexibility index (Phi) is 10.1. The number of hydrogen-bond donors (Lipinski definition) is 1. The van der Waals surface area contributed by atoms with Crippen molar-refractivity contribution in [2.24, 2.45) is 0 Å². The van der Waals surface area contributed by atoms with Crippen LogP contribution in [0.1, 0.15) is 34.7 Å². The number of nitrogens with zero attached hydrogens (tertiary/aromatic N) is 1. The SMILES string of the molecule is CCc1ccccc1/C(=C\CN(C)CCc1ccccc1)c1ccccc1C.CO. The van der Waals surface area contributed by atoms with Crippen molar-refractivity contribution in [2.75, 3.05) is 27.2 Å². The molecular weight excluding hydrogens is 366 g/mol. The highest BCUT2D eigenvalue weighted by Crippen LogP contribution is 2.29. The van der Waals surface area contributed by atoms with Crippen LogP contribution in [0, 0.1) is 6.92 Å². The minimum atomic E-state index is 0.939. The molecule has 30 heavy (non-hydrogen) atoms. The van der Waals surface area contributed by atoms with Crippen molar-refractivity contribution in [3.8, 4) is 0 Å². The van der Waals surface area contributed by atoms with Crippen LogP contribution < -0.4 is 0 Å². The first-order valence-electron chi connectivity index (χ1n) is 10.7. The Morgan fingerprint density at radius 2 is 1.43 bits per heavy atom. The van der Waals surface area contributed by atoms with E-state index >= 15 is 0 Å². The molecule has 2 nitrogen and oxygen atoms in total. The Hall–Kier alpha value is -2.68. The summed E-state index contributed by atoms with van der Waals surface area (Å²) < 4.78 is 0. The smallest absolute Gasteiger partial charge is 0.0319 e. The van der Waals surface area contributed by atoms with Crippen LogP contribution in [0.5, 0.6) is 0 Å². The molecule has 0 radical (unpaired) electrons. The Labute approximate surface area is 182 Å². The molecule has 3 aromatic carbocycles. The van der Waals surface area contributed by atoms with Gasteiger partial charge in [0.15, 0.2) is 0 Å². The molecule has 0 saturated carbocycles. The van der Waals surface area contributed by atoms with Gasteiger partial charge in [-0.1, -0.05) is 91.9 Å². The van der Waals surface area contributed by atoms with Crippen LogP contribution in [0.3, 0.4) is 0 Å². The zero-order valence-electron chi connectivity index (χ0n) is 18.8. The lowest BCUT2D eigenvalue weighted by atomic mass is 9.90. The maximum atomic E-state index is 7.00. The first-order valence-corrected chi connectivity index (χ1v) is 10.7. The standard InChI is InChI=1S/C27H31N.CH4O/c1-4-24-15-9-11-17-26(24)27(25-16-10-8-12-22(25)2)19-21-28(3)20-18-23-13-6-5-7-14-23;1-2/h5-17,19H,4,18,20-21H2,1-3H3;2H,1H3/b27-19-;. The van der Waals surface area contributed by atoms with E-state index in [9.17, 15) is 0 Å². The summed E-state index contributed by atoms with van der Waals surface area (Å²) >= 11 is 0. The summed E-state index contributed by atoms with van der Waals surface area (Å²) in [6.45, 7) is 6.43. The van der Waals surface area contributed by atoms with Crippen molar-refractivity contribution in [1.82, 2.24) is 4.90 Å². The highest BCUT2D eigenvalue weighted by molar-refractivity contribution is 5.83. The molecule has 3 rings (SSSR count). The molecule has 158 valence electrons. The molecule has 0 unspecified atom stereocenters. The Morgan fingerprint density at radius 3 is 2.10 bits per heavy atom. The molecule has 0 amide bonds. The first kappa shape index (κ1) is 23.6. The molecule has 0 aromatic heterocycles. The van der Waals surface area contributed by atoms with Crippen LogP contribution in [0.4, 0.5) is 0 Å². The van der Waals surface area contributed by atoms with Crippen LogP contribution in [-0.4, -0.2) is 37.3 Å². The minimum Gasteiger partial charge on any atom is -0.400 e. The molecule has 0 bridgehead atoms. The summed E-state index contributed by atoms with van der Waals surface area (Å²) in [5, 5.41) is 7.00. The molecule has 0 heterocycles. The number of benzene rings is 3. The Bertz CT molecular complexity index is 915. The molecule has 0 saturated heterocycles. The first-order chi connectivity index (χ1) is 14.7. The number of likely N-dealkylation sites (N-methyl/N-ethyl adjacent to an activating group) is 1. The zero-order chi connectivity index (χ0) is 21.8. The quantitative estimate of drug-likeness (QED) is 0.518. The average molecular weight is 402 g/mol. The van der Waals surface area contributed by atoms with Gasteiger partial charge in [0, 0.05) is 20.2 Å². The van der Waals surface area contributed by atoms with Gasteiger partial charge in [0.25, 0.3) is 0 Å². The topological polar surface area (TPSA) is 23.5 Å². The van der Waals surface area contributed by atoms with Crippen LogP contribution in [0.25, 0.3) is 5.57 Å². The van der Waals surface area contributed by atoms with Crippen LogP contribution in [-0.2, 0) is 12.8 Å². The van der Waals surface area contributed by atoms with Crippen LogP contribution >= 0.6 is 0 Å². The van der Waals surface area contributed by atoms with Gasteiger partial charge in [-0.15, -0.1) is 0 Å². The van der Waals surface area contributed by atoms with Gasteiger partial charge in [0.1, 0.15) is 0 Å². The lowest BCUT2D eigenvalue weighted by Crippen LogP contribution is -2.21. The predicted octanol–water partition coefficient (Wildman–Crippen LogP) is 5.77. The molecule has 0 aliphatic rings. The predicted molar refractivity (Wildman–Crippen MR) is 130 cm³/mol.